The summed E-state index contributed by atoms with van der Waals surface area (Å²) < 4.78 is 5.31. The molecule has 32 heavy (non-hydrogen) atoms. The Morgan fingerprint density at radius 2 is 1.75 bits per heavy atom. The molecule has 0 aliphatic rings. The molecule has 4 aromatic rings. The van der Waals surface area contributed by atoms with Gasteiger partial charge in [-0.2, -0.15) is 5.10 Å². The lowest BCUT2D eigenvalue weighted by Gasteiger charge is -2.15. The van der Waals surface area contributed by atoms with Crippen LogP contribution < -0.4 is 4.74 Å². The van der Waals surface area contributed by atoms with Crippen LogP contribution in [0.25, 0.3) is 11.4 Å². The molecule has 0 fully saturated rings. The van der Waals surface area contributed by atoms with Crippen LogP contribution in [0, 0.1) is 0 Å². The molecular weight excluding hydrogens is 445 g/mol. The lowest BCUT2D eigenvalue weighted by molar-refractivity contribution is 0.402. The minimum Gasteiger partial charge on any atom is -0.497 e. The quantitative estimate of drug-likeness (QED) is 0.412. The van der Waals surface area contributed by atoms with Gasteiger partial charge in [0.25, 0.3) is 0 Å². The number of halogens is 2. The van der Waals surface area contributed by atoms with Gasteiger partial charge in [-0.3, -0.25) is 10.1 Å². The van der Waals surface area contributed by atoms with Crippen LogP contribution in [0.5, 0.6) is 5.75 Å². The van der Waals surface area contributed by atoms with Gasteiger partial charge in [0.1, 0.15) is 11.6 Å². The van der Waals surface area contributed by atoms with Gasteiger partial charge in [0.2, 0.25) is 0 Å². The van der Waals surface area contributed by atoms with Gasteiger partial charge in [0.15, 0.2) is 5.82 Å². The number of benzene rings is 2. The largest absolute Gasteiger partial charge is 0.497 e. The Morgan fingerprint density at radius 3 is 2.41 bits per heavy atom. The van der Waals surface area contributed by atoms with E-state index < -0.39 is 0 Å². The van der Waals surface area contributed by atoms with Crippen molar-refractivity contribution in [3.8, 4) is 17.1 Å². The fourth-order valence-electron chi connectivity index (χ4n) is 3.56. The highest BCUT2D eigenvalue weighted by Gasteiger charge is 2.21. The van der Waals surface area contributed by atoms with Crippen molar-refractivity contribution in [2.75, 3.05) is 21.2 Å². The van der Waals surface area contributed by atoms with Crippen molar-refractivity contribution in [3.63, 3.8) is 0 Å². The molecular formula is C24H27Cl2N5O. The van der Waals surface area contributed by atoms with E-state index in [2.05, 4.69) is 64.5 Å². The van der Waals surface area contributed by atoms with Gasteiger partial charge in [-0.05, 0) is 55.1 Å². The summed E-state index contributed by atoms with van der Waals surface area (Å²) in [4.78, 5) is 11.3. The number of pyridine rings is 1. The third kappa shape index (κ3) is 5.85. The van der Waals surface area contributed by atoms with Crippen LogP contribution in [0.1, 0.15) is 28.4 Å². The summed E-state index contributed by atoms with van der Waals surface area (Å²) in [7, 11) is 5.79. The summed E-state index contributed by atoms with van der Waals surface area (Å²) in [5, 5.41) is 7.68. The Bertz CT molecular complexity index is 1100. The number of hydrogen-bond donors (Lipinski definition) is 1. The summed E-state index contributed by atoms with van der Waals surface area (Å²) in [6, 6.07) is 20.4. The summed E-state index contributed by atoms with van der Waals surface area (Å²) in [6.45, 7) is 0.870. The second kappa shape index (κ2) is 11.6. The van der Waals surface area contributed by atoms with Crippen molar-refractivity contribution in [2.45, 2.75) is 12.5 Å². The van der Waals surface area contributed by atoms with Crippen LogP contribution in [0.4, 0.5) is 0 Å². The van der Waals surface area contributed by atoms with E-state index in [0.29, 0.717) is 5.82 Å². The minimum atomic E-state index is -0.101. The third-order valence-electron chi connectivity index (χ3n) is 4.93. The highest BCUT2D eigenvalue weighted by molar-refractivity contribution is 5.85. The molecule has 2 aromatic carbocycles. The van der Waals surface area contributed by atoms with Crippen molar-refractivity contribution in [2.24, 2.45) is 0 Å². The van der Waals surface area contributed by atoms with E-state index >= 15 is 0 Å². The first kappa shape index (κ1) is 25.3. The maximum absolute atomic E-state index is 5.31. The van der Waals surface area contributed by atoms with Gasteiger partial charge in [-0.15, -0.1) is 24.8 Å². The molecule has 4 rings (SSSR count). The van der Waals surface area contributed by atoms with Gasteiger partial charge >= 0.3 is 0 Å². The molecule has 6 nitrogen and oxygen atoms in total. The highest BCUT2D eigenvalue weighted by Crippen LogP contribution is 2.31. The molecule has 0 saturated heterocycles. The van der Waals surface area contributed by atoms with E-state index in [4.69, 9.17) is 9.72 Å². The lowest BCUT2D eigenvalue weighted by atomic mass is 9.91. The van der Waals surface area contributed by atoms with Gasteiger partial charge in [0, 0.05) is 24.5 Å². The summed E-state index contributed by atoms with van der Waals surface area (Å²) in [6.07, 6.45) is 3.64. The summed E-state index contributed by atoms with van der Waals surface area (Å²) in [5.74, 6) is 2.18. The molecule has 0 aliphatic heterocycles. The first-order valence-electron chi connectivity index (χ1n) is 9.84. The molecule has 0 radical (unpaired) electrons. The number of nitrogens with one attached hydrogen (secondary N) is 1. The van der Waals surface area contributed by atoms with Gasteiger partial charge in [-0.1, -0.05) is 36.4 Å². The average Bonchev–Trinajstić information content (AvgIpc) is 3.25. The van der Waals surface area contributed by atoms with Crippen LogP contribution >= 0.6 is 24.8 Å². The average molecular weight is 472 g/mol. The zero-order valence-corrected chi connectivity index (χ0v) is 19.9. The molecule has 1 N–H and O–H groups in total. The molecule has 1 atom stereocenters. The molecule has 0 aliphatic carbocycles. The van der Waals surface area contributed by atoms with Gasteiger partial charge in [0.05, 0.1) is 13.0 Å². The van der Waals surface area contributed by atoms with Gasteiger partial charge in [-0.25, -0.2) is 4.98 Å². The minimum absolute atomic E-state index is 0. The fourth-order valence-corrected chi connectivity index (χ4v) is 3.56. The number of H-pyrrole nitrogens is 1. The predicted octanol–water partition coefficient (Wildman–Crippen LogP) is 4.96. The second-order valence-electron chi connectivity index (χ2n) is 7.47. The molecule has 0 saturated carbocycles. The first-order valence-corrected chi connectivity index (χ1v) is 9.84. The molecule has 2 heterocycles. The van der Waals surface area contributed by atoms with E-state index in [1.54, 1.807) is 13.3 Å². The maximum atomic E-state index is 5.31. The van der Waals surface area contributed by atoms with Gasteiger partial charge < -0.3 is 9.64 Å². The maximum Gasteiger partial charge on any atom is 0.181 e. The number of methoxy groups -OCH3 is 1. The lowest BCUT2D eigenvalue weighted by Crippen LogP contribution is -2.10. The molecule has 0 bridgehead atoms. The Hall–Kier alpha value is -2.93. The van der Waals surface area contributed by atoms with Crippen LogP contribution in [0.15, 0.2) is 73.1 Å². The molecule has 0 spiro atoms. The van der Waals surface area contributed by atoms with Crippen LogP contribution in [-0.4, -0.2) is 46.3 Å². The van der Waals surface area contributed by atoms with Crippen LogP contribution in [0.2, 0.25) is 0 Å². The van der Waals surface area contributed by atoms with Crippen LogP contribution in [0.3, 0.4) is 0 Å². The Kier molecular flexibility index (Phi) is 9.20. The molecule has 0 amide bonds. The normalized spacial score (nSPS) is 11.4. The zero-order valence-electron chi connectivity index (χ0n) is 18.2. The van der Waals surface area contributed by atoms with Crippen molar-refractivity contribution in [3.05, 3.63) is 95.6 Å². The summed E-state index contributed by atoms with van der Waals surface area (Å²) in [5.41, 5.74) is 4.36. The Labute approximate surface area is 200 Å². The van der Waals surface area contributed by atoms with Crippen molar-refractivity contribution in [1.29, 1.82) is 0 Å². The van der Waals surface area contributed by atoms with E-state index in [1.807, 2.05) is 36.5 Å². The van der Waals surface area contributed by atoms with Crippen molar-refractivity contribution < 1.29 is 4.74 Å². The van der Waals surface area contributed by atoms with E-state index in [9.17, 15) is 0 Å². The topological polar surface area (TPSA) is 66.9 Å². The van der Waals surface area contributed by atoms with E-state index in [1.165, 1.54) is 5.56 Å². The highest BCUT2D eigenvalue weighted by atomic mass is 35.5. The number of aromatic nitrogens is 4. The second-order valence-corrected chi connectivity index (χ2v) is 7.47. The molecule has 1 unspecified atom stereocenters. The molecule has 2 aromatic heterocycles. The predicted molar refractivity (Wildman–Crippen MR) is 132 cm³/mol. The SMILES string of the molecule is COc1ccc(C(c2cccnc2)c2nc(-c3cccc(CN(C)C)c3)n[nH]2)cc1.Cl.Cl. The monoisotopic (exact) mass is 471 g/mol. The smallest absolute Gasteiger partial charge is 0.181 e. The molecule has 168 valence electrons. The summed E-state index contributed by atoms with van der Waals surface area (Å²) >= 11 is 0. The Balaban J connectivity index is 0.00000181. The number of ether oxygens (including phenoxy) is 1. The number of rotatable bonds is 7. The number of nitrogens with zero attached hydrogens (tertiary/aromatic N) is 4. The Morgan fingerprint density at radius 1 is 0.969 bits per heavy atom. The van der Waals surface area contributed by atoms with Crippen LogP contribution in [-0.2, 0) is 6.54 Å². The number of hydrogen-bond acceptors (Lipinski definition) is 5. The van der Waals surface area contributed by atoms with Crippen molar-refractivity contribution >= 4 is 24.8 Å². The standard InChI is InChI=1S/C24H25N5O.2ClH/c1-29(2)16-17-6-4-7-19(14-17)23-26-24(28-27-23)22(20-8-5-13-25-15-20)18-9-11-21(30-3)12-10-18;;/h4-15,22H,16H2,1-3H3,(H,26,27,28);2*1H. The number of aromatic amines is 1. The van der Waals surface area contributed by atoms with Crippen molar-refractivity contribution in [1.82, 2.24) is 25.1 Å². The third-order valence-corrected chi connectivity index (χ3v) is 4.93. The molecule has 8 heteroatoms. The van der Waals surface area contributed by atoms with E-state index in [-0.39, 0.29) is 30.7 Å². The zero-order chi connectivity index (χ0) is 20.9. The van der Waals surface area contributed by atoms with E-state index in [0.717, 1.165) is 34.8 Å². The first-order chi connectivity index (χ1) is 14.6. The fraction of sp³-hybridized carbons (Fsp3) is 0.208.